The molecule has 3 aromatic carbocycles. The molecule has 0 aromatic heterocycles. The third-order valence-corrected chi connectivity index (χ3v) is 6.42. The number of hydrogen-bond acceptors (Lipinski definition) is 3. The molecule has 2 atom stereocenters. The van der Waals surface area contributed by atoms with Crippen LogP contribution in [0.2, 0.25) is 0 Å². The van der Waals surface area contributed by atoms with Crippen LogP contribution in [0.3, 0.4) is 0 Å². The van der Waals surface area contributed by atoms with Crippen molar-refractivity contribution in [2.45, 2.75) is 24.9 Å². The first-order valence-electron chi connectivity index (χ1n) is 9.82. The Kier molecular flexibility index (Phi) is 3.88. The van der Waals surface area contributed by atoms with Gasteiger partial charge in [-0.2, -0.15) is 0 Å². The van der Waals surface area contributed by atoms with Crippen molar-refractivity contribution in [3.05, 3.63) is 77.9 Å². The zero-order valence-corrected chi connectivity index (χ0v) is 16.5. The fourth-order valence-electron chi connectivity index (χ4n) is 5.30. The van der Waals surface area contributed by atoms with E-state index in [0.29, 0.717) is 6.54 Å². The minimum Gasteiger partial charge on any atom is -0.452 e. The summed E-state index contributed by atoms with van der Waals surface area (Å²) in [5.41, 5.74) is 2.51. The van der Waals surface area contributed by atoms with Crippen molar-refractivity contribution in [2.24, 2.45) is 0 Å². The predicted molar refractivity (Wildman–Crippen MR) is 112 cm³/mol. The summed E-state index contributed by atoms with van der Waals surface area (Å²) in [6, 6.07) is 22.5. The number of carbonyl (C=O) groups excluding carboxylic acids is 2. The second kappa shape index (κ2) is 6.34. The number of benzene rings is 3. The highest BCUT2D eigenvalue weighted by Gasteiger charge is 2.61. The van der Waals surface area contributed by atoms with Gasteiger partial charge in [-0.25, -0.2) is 4.79 Å². The number of anilines is 1. The highest BCUT2D eigenvalue weighted by Crippen LogP contribution is 2.57. The first-order valence-corrected chi connectivity index (χ1v) is 9.82. The van der Waals surface area contributed by atoms with Gasteiger partial charge in [-0.3, -0.25) is 9.69 Å². The lowest BCUT2D eigenvalue weighted by molar-refractivity contribution is -0.129. The summed E-state index contributed by atoms with van der Waals surface area (Å²) in [6.07, 6.45) is -0.149. The molecule has 29 heavy (non-hydrogen) atoms. The molecule has 0 aliphatic carbocycles. The summed E-state index contributed by atoms with van der Waals surface area (Å²) in [5.74, 6) is -0.0428. The van der Waals surface area contributed by atoms with Crippen molar-refractivity contribution in [1.29, 1.82) is 0 Å². The van der Waals surface area contributed by atoms with E-state index in [1.807, 2.05) is 30.3 Å². The second-order valence-electron chi connectivity index (χ2n) is 7.69. The molecule has 2 amide bonds. The smallest absolute Gasteiger partial charge is 0.415 e. The molecular formula is C24H22N2O3. The van der Waals surface area contributed by atoms with Crippen LogP contribution < -0.4 is 4.90 Å². The number of rotatable bonds is 1. The Morgan fingerprint density at radius 3 is 2.45 bits per heavy atom. The molecule has 0 N–H and O–H groups in total. The Morgan fingerprint density at radius 2 is 1.66 bits per heavy atom. The molecule has 2 heterocycles. The minimum atomic E-state index is -0.503. The van der Waals surface area contributed by atoms with Gasteiger partial charge < -0.3 is 9.64 Å². The Balaban J connectivity index is 1.86. The monoisotopic (exact) mass is 386 g/mol. The van der Waals surface area contributed by atoms with E-state index in [1.165, 1.54) is 7.11 Å². The maximum Gasteiger partial charge on any atom is 0.415 e. The minimum absolute atomic E-state index is 0.0428. The molecule has 5 rings (SSSR count). The molecule has 3 aromatic rings. The summed E-state index contributed by atoms with van der Waals surface area (Å²) in [4.78, 5) is 28.9. The number of para-hydroxylation sites is 1. The summed E-state index contributed by atoms with van der Waals surface area (Å²) in [5, 5.41) is 2.29. The molecule has 0 spiro atoms. The van der Waals surface area contributed by atoms with Gasteiger partial charge in [0.25, 0.3) is 0 Å². The topological polar surface area (TPSA) is 49.9 Å². The van der Waals surface area contributed by atoms with Crippen LogP contribution in [-0.4, -0.2) is 36.7 Å². The van der Waals surface area contributed by atoms with Crippen LogP contribution in [0.5, 0.6) is 0 Å². The van der Waals surface area contributed by atoms with Gasteiger partial charge in [-0.15, -0.1) is 0 Å². The van der Waals surface area contributed by atoms with E-state index >= 15 is 0 Å². The molecule has 2 aliphatic rings. The van der Waals surface area contributed by atoms with Crippen LogP contribution in [0.15, 0.2) is 66.7 Å². The van der Waals surface area contributed by atoms with Crippen molar-refractivity contribution < 1.29 is 14.3 Å². The van der Waals surface area contributed by atoms with E-state index in [4.69, 9.17) is 4.74 Å². The van der Waals surface area contributed by atoms with Crippen molar-refractivity contribution >= 4 is 28.5 Å². The second-order valence-corrected chi connectivity index (χ2v) is 7.69. The van der Waals surface area contributed by atoms with Gasteiger partial charge in [0.15, 0.2) is 0 Å². The van der Waals surface area contributed by atoms with Gasteiger partial charge in [0.1, 0.15) is 6.17 Å². The van der Waals surface area contributed by atoms with Crippen molar-refractivity contribution in [2.75, 3.05) is 18.6 Å². The number of ether oxygens (including phenoxy) is 1. The first kappa shape index (κ1) is 17.7. The Labute approximate surface area is 169 Å². The average Bonchev–Trinajstić information content (AvgIpc) is 3.27. The van der Waals surface area contributed by atoms with Crippen LogP contribution in [0, 0.1) is 0 Å². The normalized spacial score (nSPS) is 22.5. The third-order valence-electron chi connectivity index (χ3n) is 6.42. The van der Waals surface area contributed by atoms with Gasteiger partial charge >= 0.3 is 6.09 Å². The van der Waals surface area contributed by atoms with E-state index in [2.05, 4.69) is 36.4 Å². The van der Waals surface area contributed by atoms with Crippen LogP contribution >= 0.6 is 0 Å². The first-order chi connectivity index (χ1) is 14.1. The summed E-state index contributed by atoms with van der Waals surface area (Å²) >= 11 is 0. The number of fused-ring (bicyclic) bond motifs is 4. The number of amides is 2. The SMILES string of the molecule is COC(=O)N1c2ccccc2[C@@]2(c3cccc4ccccc34)CCN(C(C)=O)[C@@H]12. The third kappa shape index (κ3) is 2.27. The highest BCUT2D eigenvalue weighted by molar-refractivity contribution is 5.97. The average molecular weight is 386 g/mol. The Bertz CT molecular complexity index is 1140. The number of carbonyl (C=O) groups is 2. The summed E-state index contributed by atoms with van der Waals surface area (Å²) in [6.45, 7) is 2.16. The molecule has 1 saturated heterocycles. The van der Waals surface area contributed by atoms with Gasteiger partial charge in [0.2, 0.25) is 5.91 Å². The van der Waals surface area contributed by atoms with Crippen LogP contribution in [-0.2, 0) is 14.9 Å². The molecule has 2 aliphatic heterocycles. The van der Waals surface area contributed by atoms with Crippen molar-refractivity contribution in [1.82, 2.24) is 4.90 Å². The molecule has 0 radical (unpaired) electrons. The van der Waals surface area contributed by atoms with E-state index < -0.39 is 17.7 Å². The van der Waals surface area contributed by atoms with E-state index in [1.54, 1.807) is 16.7 Å². The van der Waals surface area contributed by atoms with Gasteiger partial charge in [0.05, 0.1) is 18.2 Å². The molecule has 0 unspecified atom stereocenters. The van der Waals surface area contributed by atoms with Gasteiger partial charge in [-0.1, -0.05) is 60.7 Å². The lowest BCUT2D eigenvalue weighted by Gasteiger charge is -2.37. The lowest BCUT2D eigenvalue weighted by atomic mass is 9.71. The fourth-order valence-corrected chi connectivity index (χ4v) is 5.30. The van der Waals surface area contributed by atoms with Crippen LogP contribution in [0.4, 0.5) is 10.5 Å². The molecule has 5 heteroatoms. The molecule has 146 valence electrons. The highest BCUT2D eigenvalue weighted by atomic mass is 16.5. The number of likely N-dealkylation sites (tertiary alicyclic amines) is 1. The molecule has 0 saturated carbocycles. The largest absolute Gasteiger partial charge is 0.452 e. The number of methoxy groups -OCH3 is 1. The van der Waals surface area contributed by atoms with E-state index in [-0.39, 0.29) is 5.91 Å². The number of nitrogens with zero attached hydrogens (tertiary/aromatic N) is 2. The maximum absolute atomic E-state index is 12.9. The van der Waals surface area contributed by atoms with Gasteiger partial charge in [-0.05, 0) is 34.4 Å². The van der Waals surface area contributed by atoms with E-state index in [0.717, 1.165) is 34.0 Å². The molecular weight excluding hydrogens is 364 g/mol. The maximum atomic E-state index is 12.9. The zero-order chi connectivity index (χ0) is 20.2. The summed E-state index contributed by atoms with van der Waals surface area (Å²) in [7, 11) is 1.38. The van der Waals surface area contributed by atoms with Crippen LogP contribution in [0.25, 0.3) is 10.8 Å². The molecule has 0 bridgehead atoms. The summed E-state index contributed by atoms with van der Waals surface area (Å²) < 4.78 is 5.14. The molecule has 1 fully saturated rings. The fraction of sp³-hybridized carbons (Fsp3) is 0.250. The standard InChI is InChI=1S/C24H22N2O3/c1-16(27)25-15-14-24(19-12-7-9-17-8-3-4-10-18(17)19)20-11-5-6-13-21(20)26(22(24)25)23(28)29-2/h3-13,22H,14-15H2,1-2H3/t22-,24-/m0/s1. The lowest BCUT2D eigenvalue weighted by Crippen LogP contribution is -2.53. The van der Waals surface area contributed by atoms with Crippen molar-refractivity contribution in [3.63, 3.8) is 0 Å². The van der Waals surface area contributed by atoms with Crippen LogP contribution in [0.1, 0.15) is 24.5 Å². The Morgan fingerprint density at radius 1 is 0.966 bits per heavy atom. The van der Waals surface area contributed by atoms with Crippen molar-refractivity contribution in [3.8, 4) is 0 Å². The predicted octanol–water partition coefficient (Wildman–Crippen LogP) is 4.29. The zero-order valence-electron chi connectivity index (χ0n) is 16.5. The quantitative estimate of drug-likeness (QED) is 0.627. The van der Waals surface area contributed by atoms with Gasteiger partial charge in [0, 0.05) is 13.5 Å². The molecule has 5 nitrogen and oxygen atoms in total. The number of hydrogen-bond donors (Lipinski definition) is 0. The Hall–Kier alpha value is -3.34. The van der Waals surface area contributed by atoms with E-state index in [9.17, 15) is 9.59 Å².